The van der Waals surface area contributed by atoms with E-state index in [1.807, 2.05) is 6.92 Å². The number of hydrogen-bond acceptors (Lipinski definition) is 3. The molecule has 2 N–H and O–H groups in total. The van der Waals surface area contributed by atoms with Crippen molar-refractivity contribution in [2.75, 3.05) is 13.1 Å². The summed E-state index contributed by atoms with van der Waals surface area (Å²) in [5.74, 6) is 1.67. The summed E-state index contributed by atoms with van der Waals surface area (Å²) >= 11 is 1.70. The summed E-state index contributed by atoms with van der Waals surface area (Å²) in [6.07, 6.45) is 3.32. The highest BCUT2D eigenvalue weighted by molar-refractivity contribution is 7.09. The van der Waals surface area contributed by atoms with Crippen molar-refractivity contribution in [2.24, 2.45) is 10.9 Å². The van der Waals surface area contributed by atoms with E-state index in [1.165, 1.54) is 12.8 Å². The average molecular weight is 311 g/mol. The Kier molecular flexibility index (Phi) is 8.35. The van der Waals surface area contributed by atoms with Crippen LogP contribution in [0.4, 0.5) is 0 Å². The lowest BCUT2D eigenvalue weighted by molar-refractivity contribution is 0.489. The van der Waals surface area contributed by atoms with Crippen LogP contribution in [0.5, 0.6) is 0 Å². The lowest BCUT2D eigenvalue weighted by Crippen LogP contribution is -2.42. The number of thiazole rings is 1. The molecule has 1 heterocycles. The van der Waals surface area contributed by atoms with Gasteiger partial charge in [0.15, 0.2) is 5.96 Å². The van der Waals surface area contributed by atoms with Gasteiger partial charge in [-0.05, 0) is 39.5 Å². The quantitative estimate of drug-likeness (QED) is 0.572. The predicted molar refractivity (Wildman–Crippen MR) is 93.2 cm³/mol. The van der Waals surface area contributed by atoms with Gasteiger partial charge in [-0.3, -0.25) is 4.99 Å². The highest BCUT2D eigenvalue weighted by Crippen LogP contribution is 2.08. The molecule has 0 fully saturated rings. The van der Waals surface area contributed by atoms with E-state index >= 15 is 0 Å². The summed E-state index contributed by atoms with van der Waals surface area (Å²) < 4.78 is 0. The average Bonchev–Trinajstić information content (AvgIpc) is 2.82. The monoisotopic (exact) mass is 310 g/mol. The molecule has 0 saturated carbocycles. The van der Waals surface area contributed by atoms with E-state index in [0.29, 0.717) is 6.04 Å². The van der Waals surface area contributed by atoms with E-state index < -0.39 is 0 Å². The SMILES string of the molecule is CCNC(=NCCc1csc(C)n1)NC(C)CCC(C)C. The molecule has 120 valence electrons. The first-order valence-corrected chi connectivity index (χ1v) is 8.85. The Bertz CT molecular complexity index is 426. The van der Waals surface area contributed by atoms with Crippen molar-refractivity contribution >= 4 is 17.3 Å². The van der Waals surface area contributed by atoms with Gasteiger partial charge in [-0.15, -0.1) is 11.3 Å². The Balaban J connectivity index is 2.41. The van der Waals surface area contributed by atoms with Gasteiger partial charge in [-0.1, -0.05) is 13.8 Å². The minimum Gasteiger partial charge on any atom is -0.357 e. The van der Waals surface area contributed by atoms with Gasteiger partial charge in [0.25, 0.3) is 0 Å². The number of hydrogen-bond donors (Lipinski definition) is 2. The van der Waals surface area contributed by atoms with Crippen LogP contribution in [0.15, 0.2) is 10.4 Å². The fourth-order valence-electron chi connectivity index (χ4n) is 2.01. The molecule has 4 nitrogen and oxygen atoms in total. The highest BCUT2D eigenvalue weighted by atomic mass is 32.1. The first kappa shape index (κ1) is 18.0. The topological polar surface area (TPSA) is 49.3 Å². The zero-order valence-corrected chi connectivity index (χ0v) is 14.9. The van der Waals surface area contributed by atoms with Crippen LogP contribution < -0.4 is 10.6 Å². The van der Waals surface area contributed by atoms with E-state index in [2.05, 4.69) is 53.7 Å². The van der Waals surface area contributed by atoms with Crippen molar-refractivity contribution < 1.29 is 0 Å². The molecule has 0 aliphatic carbocycles. The lowest BCUT2D eigenvalue weighted by Gasteiger charge is -2.18. The van der Waals surface area contributed by atoms with Gasteiger partial charge in [0.1, 0.15) is 0 Å². The summed E-state index contributed by atoms with van der Waals surface area (Å²) in [4.78, 5) is 9.12. The fourth-order valence-corrected chi connectivity index (χ4v) is 2.66. The van der Waals surface area contributed by atoms with Gasteiger partial charge in [0.05, 0.1) is 10.7 Å². The van der Waals surface area contributed by atoms with Crippen molar-refractivity contribution in [1.29, 1.82) is 0 Å². The molecule has 0 bridgehead atoms. The minimum absolute atomic E-state index is 0.451. The van der Waals surface area contributed by atoms with Crippen LogP contribution >= 0.6 is 11.3 Å². The first-order chi connectivity index (χ1) is 10.0. The second-order valence-corrected chi connectivity index (χ2v) is 6.95. The molecule has 21 heavy (non-hydrogen) atoms. The molecule has 0 aliphatic heterocycles. The third kappa shape index (κ3) is 8.05. The molecule has 1 unspecified atom stereocenters. The van der Waals surface area contributed by atoms with Crippen molar-refractivity contribution in [3.8, 4) is 0 Å². The maximum Gasteiger partial charge on any atom is 0.191 e. The number of guanidine groups is 1. The number of nitrogens with one attached hydrogen (secondary N) is 2. The molecule has 0 aliphatic rings. The van der Waals surface area contributed by atoms with Crippen LogP contribution in [0.3, 0.4) is 0 Å². The molecular weight excluding hydrogens is 280 g/mol. The zero-order chi connectivity index (χ0) is 15.7. The van der Waals surface area contributed by atoms with Crippen LogP contribution in [0.2, 0.25) is 0 Å². The van der Waals surface area contributed by atoms with Gasteiger partial charge in [0.2, 0.25) is 0 Å². The smallest absolute Gasteiger partial charge is 0.191 e. The molecule has 1 aromatic heterocycles. The van der Waals surface area contributed by atoms with Crippen molar-refractivity contribution in [3.63, 3.8) is 0 Å². The van der Waals surface area contributed by atoms with Gasteiger partial charge in [-0.2, -0.15) is 0 Å². The summed E-state index contributed by atoms with van der Waals surface area (Å²) in [5.41, 5.74) is 1.14. The molecule has 0 spiro atoms. The molecule has 5 heteroatoms. The van der Waals surface area contributed by atoms with E-state index in [0.717, 1.165) is 42.1 Å². The Labute approximate surface area is 133 Å². The van der Waals surface area contributed by atoms with Crippen molar-refractivity contribution in [2.45, 2.75) is 59.9 Å². The molecule has 0 saturated heterocycles. The van der Waals surface area contributed by atoms with E-state index in [1.54, 1.807) is 11.3 Å². The minimum atomic E-state index is 0.451. The van der Waals surface area contributed by atoms with Crippen LogP contribution in [-0.4, -0.2) is 30.1 Å². The van der Waals surface area contributed by atoms with E-state index in [-0.39, 0.29) is 0 Å². The molecular formula is C16H30N4S. The third-order valence-corrected chi connectivity index (χ3v) is 4.03. The molecule has 1 atom stereocenters. The van der Waals surface area contributed by atoms with Gasteiger partial charge < -0.3 is 10.6 Å². The van der Waals surface area contributed by atoms with Crippen LogP contribution in [0.1, 0.15) is 51.2 Å². The molecule has 0 aromatic carbocycles. The molecule has 1 rings (SSSR count). The second kappa shape index (κ2) is 9.77. The third-order valence-electron chi connectivity index (χ3n) is 3.21. The van der Waals surface area contributed by atoms with Crippen LogP contribution in [0, 0.1) is 12.8 Å². The zero-order valence-electron chi connectivity index (χ0n) is 14.1. The maximum atomic E-state index is 4.64. The van der Waals surface area contributed by atoms with Gasteiger partial charge in [0, 0.05) is 30.9 Å². The predicted octanol–water partition coefficient (Wildman–Crippen LogP) is 3.37. The Morgan fingerprint density at radius 2 is 2.10 bits per heavy atom. The first-order valence-electron chi connectivity index (χ1n) is 7.97. The van der Waals surface area contributed by atoms with Crippen LogP contribution in [-0.2, 0) is 6.42 Å². The normalized spacial score (nSPS) is 13.5. The van der Waals surface area contributed by atoms with Gasteiger partial charge in [-0.25, -0.2) is 4.98 Å². The highest BCUT2D eigenvalue weighted by Gasteiger charge is 2.06. The summed E-state index contributed by atoms with van der Waals surface area (Å²) in [5, 5.41) is 10.0. The fraction of sp³-hybridized carbons (Fsp3) is 0.750. The largest absolute Gasteiger partial charge is 0.357 e. The Hall–Kier alpha value is -1.10. The van der Waals surface area contributed by atoms with Crippen LogP contribution in [0.25, 0.3) is 0 Å². The number of nitrogens with zero attached hydrogens (tertiary/aromatic N) is 2. The van der Waals surface area contributed by atoms with Crippen molar-refractivity contribution in [1.82, 2.24) is 15.6 Å². The number of rotatable bonds is 8. The number of aliphatic imine (C=N–C) groups is 1. The summed E-state index contributed by atoms with van der Waals surface area (Å²) in [6.45, 7) is 12.6. The number of aryl methyl sites for hydroxylation is 1. The van der Waals surface area contributed by atoms with Crippen molar-refractivity contribution in [3.05, 3.63) is 16.1 Å². The second-order valence-electron chi connectivity index (χ2n) is 5.89. The standard InChI is InChI=1S/C16H30N4S/c1-6-17-16(19-13(4)8-7-12(2)3)18-10-9-15-11-21-14(5)20-15/h11-13H,6-10H2,1-5H3,(H2,17,18,19). The maximum absolute atomic E-state index is 4.64. The van der Waals surface area contributed by atoms with Gasteiger partial charge >= 0.3 is 0 Å². The lowest BCUT2D eigenvalue weighted by atomic mass is 10.0. The molecule has 0 amide bonds. The molecule has 0 radical (unpaired) electrons. The molecule has 1 aromatic rings. The van der Waals surface area contributed by atoms with E-state index in [9.17, 15) is 0 Å². The Morgan fingerprint density at radius 1 is 1.33 bits per heavy atom. The van der Waals surface area contributed by atoms with E-state index in [4.69, 9.17) is 0 Å². The number of aromatic nitrogens is 1. The summed E-state index contributed by atoms with van der Waals surface area (Å²) in [7, 11) is 0. The summed E-state index contributed by atoms with van der Waals surface area (Å²) in [6, 6.07) is 0.451. The Morgan fingerprint density at radius 3 is 2.67 bits per heavy atom.